The van der Waals surface area contributed by atoms with Crippen LogP contribution in [0.4, 0.5) is 5.82 Å². The fraction of sp³-hybridized carbons (Fsp3) is 0.304. The van der Waals surface area contributed by atoms with Gasteiger partial charge in [-0.1, -0.05) is 37.3 Å². The molecule has 0 amide bonds. The van der Waals surface area contributed by atoms with E-state index in [1.54, 1.807) is 0 Å². The van der Waals surface area contributed by atoms with Gasteiger partial charge in [-0.25, -0.2) is 9.97 Å². The summed E-state index contributed by atoms with van der Waals surface area (Å²) in [5.41, 5.74) is 9.92. The number of hydrogen-bond donors (Lipinski definition) is 1. The number of aromatic nitrogens is 3. The van der Waals surface area contributed by atoms with Gasteiger partial charge in [0.2, 0.25) is 0 Å². The lowest BCUT2D eigenvalue weighted by Crippen LogP contribution is -2.06. The van der Waals surface area contributed by atoms with Crippen LogP contribution in [0.3, 0.4) is 0 Å². The smallest absolute Gasteiger partial charge is 0.152 e. The zero-order chi connectivity index (χ0) is 20.2. The Labute approximate surface area is 170 Å². The second kappa shape index (κ2) is 8.49. The molecular weight excluding hydrogens is 364 g/mol. The van der Waals surface area contributed by atoms with Gasteiger partial charge < -0.3 is 19.8 Å². The van der Waals surface area contributed by atoms with Gasteiger partial charge in [0.05, 0.1) is 11.0 Å². The van der Waals surface area contributed by atoms with E-state index in [1.165, 1.54) is 0 Å². The Bertz CT molecular complexity index is 1120. The van der Waals surface area contributed by atoms with E-state index in [1.807, 2.05) is 43.3 Å². The molecule has 0 radical (unpaired) electrons. The maximum absolute atomic E-state index is 6.24. The molecular formula is C23H26N4O2. The van der Waals surface area contributed by atoms with E-state index >= 15 is 0 Å². The number of rotatable bonds is 8. The molecule has 150 valence electrons. The maximum atomic E-state index is 6.24. The summed E-state index contributed by atoms with van der Waals surface area (Å²) in [6, 6.07) is 16.1. The summed E-state index contributed by atoms with van der Waals surface area (Å²) >= 11 is 0. The summed E-state index contributed by atoms with van der Waals surface area (Å²) in [5.74, 6) is 2.11. The summed E-state index contributed by atoms with van der Waals surface area (Å²) in [7, 11) is 0. The Morgan fingerprint density at radius 1 is 1.00 bits per heavy atom. The van der Waals surface area contributed by atoms with Gasteiger partial charge in [0.15, 0.2) is 5.82 Å². The molecule has 0 aliphatic heterocycles. The molecule has 4 aromatic rings. The number of ether oxygens (including phenoxy) is 2. The maximum Gasteiger partial charge on any atom is 0.152 e. The normalized spacial score (nSPS) is 11.4. The van der Waals surface area contributed by atoms with Crippen molar-refractivity contribution in [3.05, 3.63) is 59.9 Å². The molecule has 29 heavy (non-hydrogen) atoms. The van der Waals surface area contributed by atoms with Crippen LogP contribution in [-0.4, -0.2) is 21.1 Å². The summed E-state index contributed by atoms with van der Waals surface area (Å²) in [6.07, 6.45) is 0.985. The van der Waals surface area contributed by atoms with Gasteiger partial charge in [-0.15, -0.1) is 0 Å². The van der Waals surface area contributed by atoms with Crippen LogP contribution in [0.2, 0.25) is 0 Å². The van der Waals surface area contributed by atoms with Crippen LogP contribution in [0.5, 0.6) is 5.75 Å². The lowest BCUT2D eigenvalue weighted by Gasteiger charge is -2.11. The van der Waals surface area contributed by atoms with Crippen molar-refractivity contribution < 1.29 is 9.47 Å². The molecule has 0 aliphatic carbocycles. The van der Waals surface area contributed by atoms with Crippen LogP contribution in [0, 0.1) is 0 Å². The number of anilines is 1. The van der Waals surface area contributed by atoms with Gasteiger partial charge in [-0.05, 0) is 37.1 Å². The molecule has 0 saturated heterocycles. The van der Waals surface area contributed by atoms with Crippen molar-refractivity contribution in [3.8, 4) is 5.75 Å². The highest BCUT2D eigenvalue weighted by Gasteiger charge is 2.17. The first kappa shape index (κ1) is 19.2. The van der Waals surface area contributed by atoms with Gasteiger partial charge >= 0.3 is 0 Å². The molecule has 2 heterocycles. The van der Waals surface area contributed by atoms with Crippen molar-refractivity contribution in [2.75, 3.05) is 12.3 Å². The zero-order valence-corrected chi connectivity index (χ0v) is 16.9. The van der Waals surface area contributed by atoms with Crippen LogP contribution < -0.4 is 10.5 Å². The number of hydrogen-bond acceptors (Lipinski definition) is 5. The minimum absolute atomic E-state index is 0.443. The molecule has 0 spiro atoms. The largest absolute Gasteiger partial charge is 0.489 e. The number of nitrogens with two attached hydrogens (primary N) is 1. The van der Waals surface area contributed by atoms with Crippen LogP contribution in [0.25, 0.3) is 21.9 Å². The Morgan fingerprint density at radius 2 is 1.83 bits per heavy atom. The van der Waals surface area contributed by atoms with Crippen molar-refractivity contribution >= 4 is 27.8 Å². The summed E-state index contributed by atoms with van der Waals surface area (Å²) in [4.78, 5) is 9.31. The first-order valence-corrected chi connectivity index (χ1v) is 10.0. The lowest BCUT2D eigenvalue weighted by atomic mass is 10.1. The highest BCUT2D eigenvalue weighted by atomic mass is 16.5. The van der Waals surface area contributed by atoms with Gasteiger partial charge in [0.1, 0.15) is 30.3 Å². The second-order valence-corrected chi connectivity index (χ2v) is 6.96. The molecule has 2 aromatic carbocycles. The minimum Gasteiger partial charge on any atom is -0.489 e. The molecule has 4 rings (SSSR count). The Morgan fingerprint density at radius 3 is 2.59 bits per heavy atom. The van der Waals surface area contributed by atoms with Crippen LogP contribution >= 0.6 is 0 Å². The quantitative estimate of drug-likeness (QED) is 0.472. The van der Waals surface area contributed by atoms with Gasteiger partial charge in [-0.2, -0.15) is 0 Å². The van der Waals surface area contributed by atoms with E-state index in [9.17, 15) is 0 Å². The molecule has 2 aromatic heterocycles. The fourth-order valence-corrected chi connectivity index (χ4v) is 3.53. The number of imidazole rings is 1. The molecule has 0 saturated carbocycles. The highest BCUT2D eigenvalue weighted by Crippen LogP contribution is 2.32. The van der Waals surface area contributed by atoms with E-state index in [-0.39, 0.29) is 0 Å². The molecule has 6 heteroatoms. The van der Waals surface area contributed by atoms with Gasteiger partial charge in [0.25, 0.3) is 0 Å². The molecule has 0 atom stereocenters. The average Bonchev–Trinajstić information content (AvgIpc) is 3.11. The number of nitrogen functional groups attached to an aromatic ring is 1. The Balaban J connectivity index is 1.79. The molecule has 0 bridgehead atoms. The number of benzene rings is 2. The third kappa shape index (κ3) is 3.89. The minimum atomic E-state index is 0.443. The standard InChI is InChI=1S/C23H26N4O2/c1-3-12-27-20(15-28-4-2)26-21-22(27)18-13-17(10-11-19(18)25-23(21)24)29-14-16-8-6-5-7-9-16/h5-11,13H,3-4,12,14-15H2,1-2H3,(H2,24,25). The topological polar surface area (TPSA) is 75.2 Å². The third-order valence-electron chi connectivity index (χ3n) is 4.88. The molecule has 0 unspecified atom stereocenters. The van der Waals surface area contributed by atoms with E-state index in [4.69, 9.17) is 20.2 Å². The number of pyridine rings is 1. The predicted octanol–water partition coefficient (Wildman–Crippen LogP) is 4.69. The van der Waals surface area contributed by atoms with Gasteiger partial charge in [-0.3, -0.25) is 0 Å². The van der Waals surface area contributed by atoms with Crippen molar-refractivity contribution in [1.29, 1.82) is 0 Å². The van der Waals surface area contributed by atoms with Gasteiger partial charge in [0, 0.05) is 18.5 Å². The van der Waals surface area contributed by atoms with Crippen molar-refractivity contribution in [1.82, 2.24) is 14.5 Å². The van der Waals surface area contributed by atoms with Crippen LogP contribution in [0.15, 0.2) is 48.5 Å². The predicted molar refractivity (Wildman–Crippen MR) is 116 cm³/mol. The summed E-state index contributed by atoms with van der Waals surface area (Å²) < 4.78 is 13.9. The summed E-state index contributed by atoms with van der Waals surface area (Å²) in [5, 5.41) is 0.989. The lowest BCUT2D eigenvalue weighted by molar-refractivity contribution is 0.126. The first-order chi connectivity index (χ1) is 14.2. The van der Waals surface area contributed by atoms with E-state index in [2.05, 4.69) is 28.6 Å². The Kier molecular flexibility index (Phi) is 5.62. The fourth-order valence-electron chi connectivity index (χ4n) is 3.53. The number of aryl methyl sites for hydroxylation is 1. The average molecular weight is 390 g/mol. The van der Waals surface area contributed by atoms with Crippen molar-refractivity contribution in [2.24, 2.45) is 0 Å². The second-order valence-electron chi connectivity index (χ2n) is 6.96. The third-order valence-corrected chi connectivity index (χ3v) is 4.88. The molecule has 2 N–H and O–H groups in total. The van der Waals surface area contributed by atoms with Crippen LogP contribution in [0.1, 0.15) is 31.7 Å². The molecule has 0 fully saturated rings. The summed E-state index contributed by atoms with van der Waals surface area (Å²) in [6.45, 7) is 6.58. The van der Waals surface area contributed by atoms with Crippen molar-refractivity contribution in [3.63, 3.8) is 0 Å². The van der Waals surface area contributed by atoms with E-state index < -0.39 is 0 Å². The molecule has 6 nitrogen and oxygen atoms in total. The van der Waals surface area contributed by atoms with Crippen molar-refractivity contribution in [2.45, 2.75) is 40.0 Å². The molecule has 0 aliphatic rings. The monoisotopic (exact) mass is 390 g/mol. The highest BCUT2D eigenvalue weighted by molar-refractivity contribution is 6.07. The number of nitrogens with zero attached hydrogens (tertiary/aromatic N) is 3. The first-order valence-electron chi connectivity index (χ1n) is 10.0. The zero-order valence-electron chi connectivity index (χ0n) is 16.9. The Hall–Kier alpha value is -3.12. The van der Waals surface area contributed by atoms with E-state index in [0.29, 0.717) is 25.6 Å². The van der Waals surface area contributed by atoms with Crippen LogP contribution in [-0.2, 0) is 24.5 Å². The SMILES string of the molecule is CCCn1c(COCC)nc2c(N)nc3ccc(OCc4ccccc4)cc3c21. The number of fused-ring (bicyclic) bond motifs is 3. The van der Waals surface area contributed by atoms with E-state index in [0.717, 1.165) is 52.0 Å².